The average molecular weight is 247 g/mol. The monoisotopic (exact) mass is 247 g/mol. The van der Waals surface area contributed by atoms with Gasteiger partial charge in [-0.05, 0) is 18.9 Å². The van der Waals surface area contributed by atoms with E-state index >= 15 is 0 Å². The molecule has 1 fully saturated rings. The van der Waals surface area contributed by atoms with E-state index in [2.05, 4.69) is 0 Å². The SMILES string of the molecule is Nc1c(F)ccc(CS(=O)(=O)C2CC2)c1F. The lowest BCUT2D eigenvalue weighted by Crippen LogP contribution is -2.12. The van der Waals surface area contributed by atoms with E-state index in [4.69, 9.17) is 5.73 Å². The zero-order valence-electron chi connectivity index (χ0n) is 8.41. The van der Waals surface area contributed by atoms with Gasteiger partial charge in [0, 0.05) is 5.56 Å². The van der Waals surface area contributed by atoms with Crippen LogP contribution >= 0.6 is 0 Å². The number of rotatable bonds is 3. The third-order valence-corrected chi connectivity index (χ3v) is 4.80. The number of sulfone groups is 1. The van der Waals surface area contributed by atoms with E-state index in [1.165, 1.54) is 0 Å². The molecule has 16 heavy (non-hydrogen) atoms. The Bertz CT molecular complexity index is 524. The maximum atomic E-state index is 13.4. The van der Waals surface area contributed by atoms with E-state index in [1.54, 1.807) is 0 Å². The maximum absolute atomic E-state index is 13.4. The van der Waals surface area contributed by atoms with Crippen molar-refractivity contribution in [1.82, 2.24) is 0 Å². The molecule has 3 nitrogen and oxygen atoms in total. The van der Waals surface area contributed by atoms with Gasteiger partial charge >= 0.3 is 0 Å². The Balaban J connectivity index is 2.32. The number of nitrogen functional groups attached to an aromatic ring is 1. The lowest BCUT2D eigenvalue weighted by Gasteiger charge is -2.06. The summed E-state index contributed by atoms with van der Waals surface area (Å²) in [6.45, 7) is 0. The minimum Gasteiger partial charge on any atom is -0.394 e. The number of halogens is 2. The van der Waals surface area contributed by atoms with Crippen molar-refractivity contribution in [3.63, 3.8) is 0 Å². The van der Waals surface area contributed by atoms with Crippen molar-refractivity contribution in [2.24, 2.45) is 0 Å². The second kappa shape index (κ2) is 3.69. The summed E-state index contributed by atoms with van der Waals surface area (Å²) < 4.78 is 49.5. The van der Waals surface area contributed by atoms with Crippen LogP contribution in [0.2, 0.25) is 0 Å². The molecule has 1 aromatic carbocycles. The molecule has 0 bridgehead atoms. The smallest absolute Gasteiger partial charge is 0.157 e. The first kappa shape index (κ1) is 11.3. The van der Waals surface area contributed by atoms with E-state index in [0.29, 0.717) is 12.8 Å². The molecule has 88 valence electrons. The fourth-order valence-corrected chi connectivity index (χ4v) is 3.23. The molecule has 6 heteroatoms. The van der Waals surface area contributed by atoms with Gasteiger partial charge in [0.25, 0.3) is 0 Å². The third-order valence-electron chi connectivity index (χ3n) is 2.60. The van der Waals surface area contributed by atoms with Gasteiger partial charge in [-0.2, -0.15) is 0 Å². The Hall–Kier alpha value is -1.17. The predicted molar refractivity (Wildman–Crippen MR) is 56.4 cm³/mol. The third kappa shape index (κ3) is 2.02. The second-order valence-corrected chi connectivity index (χ2v) is 6.22. The predicted octanol–water partition coefficient (Wildman–Crippen LogP) is 1.62. The van der Waals surface area contributed by atoms with E-state index in [1.807, 2.05) is 0 Å². The summed E-state index contributed by atoms with van der Waals surface area (Å²) in [5, 5.41) is -0.363. The van der Waals surface area contributed by atoms with Crippen LogP contribution in [0.25, 0.3) is 0 Å². The van der Waals surface area contributed by atoms with E-state index in [-0.39, 0.29) is 10.8 Å². The van der Waals surface area contributed by atoms with Crippen LogP contribution in [-0.4, -0.2) is 13.7 Å². The van der Waals surface area contributed by atoms with Gasteiger partial charge in [0.15, 0.2) is 15.7 Å². The summed E-state index contributed by atoms with van der Waals surface area (Å²) in [5.74, 6) is -2.25. The van der Waals surface area contributed by atoms with Crippen molar-refractivity contribution in [2.45, 2.75) is 23.8 Å². The lowest BCUT2D eigenvalue weighted by atomic mass is 10.2. The highest BCUT2D eigenvalue weighted by molar-refractivity contribution is 7.91. The van der Waals surface area contributed by atoms with Crippen molar-refractivity contribution >= 4 is 15.5 Å². The molecule has 2 rings (SSSR count). The molecule has 1 aliphatic carbocycles. The Morgan fingerprint density at radius 1 is 1.31 bits per heavy atom. The van der Waals surface area contributed by atoms with Crippen molar-refractivity contribution in [3.05, 3.63) is 29.3 Å². The van der Waals surface area contributed by atoms with Gasteiger partial charge in [0.1, 0.15) is 11.5 Å². The van der Waals surface area contributed by atoms with Gasteiger partial charge in [-0.3, -0.25) is 0 Å². The molecule has 0 spiro atoms. The summed E-state index contributed by atoms with van der Waals surface area (Å²) in [6.07, 6.45) is 1.25. The Labute approximate surface area is 92.2 Å². The molecule has 2 N–H and O–H groups in total. The average Bonchev–Trinajstić information content (AvgIpc) is 3.02. The van der Waals surface area contributed by atoms with Crippen LogP contribution < -0.4 is 5.73 Å². The van der Waals surface area contributed by atoms with Gasteiger partial charge in [-0.15, -0.1) is 0 Å². The molecule has 0 atom stereocenters. The summed E-state index contributed by atoms with van der Waals surface area (Å²) in [5.41, 5.74) is 4.46. The first-order valence-corrected chi connectivity index (χ1v) is 6.57. The molecule has 0 saturated heterocycles. The normalized spacial score (nSPS) is 16.4. The fourth-order valence-electron chi connectivity index (χ4n) is 1.49. The molecule has 0 aliphatic heterocycles. The highest BCUT2D eigenvalue weighted by atomic mass is 32.2. The van der Waals surface area contributed by atoms with Crippen molar-refractivity contribution in [3.8, 4) is 0 Å². The van der Waals surface area contributed by atoms with E-state index in [0.717, 1.165) is 12.1 Å². The Morgan fingerprint density at radius 3 is 2.50 bits per heavy atom. The van der Waals surface area contributed by atoms with Crippen LogP contribution in [0.3, 0.4) is 0 Å². The fraction of sp³-hybridized carbons (Fsp3) is 0.400. The molecular formula is C10H11F2NO2S. The largest absolute Gasteiger partial charge is 0.394 e. The van der Waals surface area contributed by atoms with E-state index < -0.39 is 32.9 Å². The molecule has 0 unspecified atom stereocenters. The first-order valence-electron chi connectivity index (χ1n) is 4.86. The summed E-state index contributed by atoms with van der Waals surface area (Å²) in [6, 6.07) is 2.11. The maximum Gasteiger partial charge on any atom is 0.157 e. The number of hydrogen-bond acceptors (Lipinski definition) is 3. The minimum atomic E-state index is -3.31. The summed E-state index contributed by atoms with van der Waals surface area (Å²) in [7, 11) is -3.31. The standard InChI is InChI=1S/C10H11F2NO2S/c11-8-4-1-6(9(12)10(8)13)5-16(14,15)7-2-3-7/h1,4,7H,2-3,5,13H2. The molecule has 0 aromatic heterocycles. The van der Waals surface area contributed by atoms with Crippen LogP contribution in [0.15, 0.2) is 12.1 Å². The van der Waals surface area contributed by atoms with Gasteiger partial charge in [0.05, 0.1) is 11.0 Å². The molecule has 1 saturated carbocycles. The quantitative estimate of drug-likeness (QED) is 0.826. The highest BCUT2D eigenvalue weighted by Gasteiger charge is 2.36. The number of nitrogens with two attached hydrogens (primary N) is 1. The topological polar surface area (TPSA) is 60.2 Å². The van der Waals surface area contributed by atoms with Crippen LogP contribution in [0.1, 0.15) is 18.4 Å². The van der Waals surface area contributed by atoms with Crippen LogP contribution in [0, 0.1) is 11.6 Å². The number of benzene rings is 1. The Morgan fingerprint density at radius 2 is 1.94 bits per heavy atom. The molecule has 0 radical (unpaired) electrons. The zero-order valence-corrected chi connectivity index (χ0v) is 9.23. The number of anilines is 1. The van der Waals surface area contributed by atoms with Crippen LogP contribution in [-0.2, 0) is 15.6 Å². The zero-order chi connectivity index (χ0) is 11.9. The van der Waals surface area contributed by atoms with Gasteiger partial charge in [-0.1, -0.05) is 6.07 Å². The molecular weight excluding hydrogens is 236 g/mol. The highest BCUT2D eigenvalue weighted by Crippen LogP contribution is 2.32. The van der Waals surface area contributed by atoms with Crippen molar-refractivity contribution in [1.29, 1.82) is 0 Å². The van der Waals surface area contributed by atoms with Crippen LogP contribution in [0.4, 0.5) is 14.5 Å². The van der Waals surface area contributed by atoms with Crippen molar-refractivity contribution in [2.75, 3.05) is 5.73 Å². The molecule has 0 heterocycles. The second-order valence-electron chi connectivity index (χ2n) is 3.94. The van der Waals surface area contributed by atoms with E-state index in [9.17, 15) is 17.2 Å². The molecule has 0 amide bonds. The molecule has 1 aliphatic rings. The summed E-state index contributed by atoms with van der Waals surface area (Å²) in [4.78, 5) is 0. The van der Waals surface area contributed by atoms with Gasteiger partial charge in [0.2, 0.25) is 0 Å². The van der Waals surface area contributed by atoms with Gasteiger partial charge in [-0.25, -0.2) is 17.2 Å². The first-order chi connectivity index (χ1) is 7.42. The summed E-state index contributed by atoms with van der Waals surface area (Å²) >= 11 is 0. The minimum absolute atomic E-state index is 0.0641. The number of hydrogen-bond donors (Lipinski definition) is 1. The lowest BCUT2D eigenvalue weighted by molar-refractivity contribution is 0.575. The van der Waals surface area contributed by atoms with Crippen LogP contribution in [0.5, 0.6) is 0 Å². The van der Waals surface area contributed by atoms with Gasteiger partial charge < -0.3 is 5.73 Å². The van der Waals surface area contributed by atoms with Crippen molar-refractivity contribution < 1.29 is 17.2 Å². The molecule has 1 aromatic rings. The Kier molecular flexibility index (Phi) is 2.61.